The van der Waals surface area contributed by atoms with Gasteiger partial charge in [-0.05, 0) is 30.5 Å². The van der Waals surface area contributed by atoms with Gasteiger partial charge >= 0.3 is 5.97 Å². The Morgan fingerprint density at radius 1 is 0.889 bits per heavy atom. The Morgan fingerprint density at radius 3 is 2.15 bits per heavy atom. The normalized spacial score (nSPS) is 21.3. The molecule has 0 radical (unpaired) electrons. The van der Waals surface area contributed by atoms with Crippen LogP contribution in [0.2, 0.25) is 0 Å². The van der Waals surface area contributed by atoms with E-state index in [9.17, 15) is 14.4 Å². The Hall–Kier alpha value is -3.21. The van der Waals surface area contributed by atoms with Crippen LogP contribution in [0.15, 0.2) is 66.7 Å². The van der Waals surface area contributed by atoms with Gasteiger partial charge in [-0.25, -0.2) is 4.90 Å². The summed E-state index contributed by atoms with van der Waals surface area (Å²) in [5.74, 6) is -1.30. The Bertz CT molecular complexity index is 893. The first kappa shape index (κ1) is 17.2. The van der Waals surface area contributed by atoms with Crippen molar-refractivity contribution in [3.8, 4) is 5.75 Å². The zero-order valence-electron chi connectivity index (χ0n) is 14.7. The van der Waals surface area contributed by atoms with Crippen molar-refractivity contribution in [1.82, 2.24) is 0 Å². The number of rotatable bonds is 4. The van der Waals surface area contributed by atoms with Gasteiger partial charge in [0.05, 0.1) is 23.9 Å². The van der Waals surface area contributed by atoms with E-state index < -0.39 is 5.97 Å². The third kappa shape index (κ3) is 3.28. The fourth-order valence-electron chi connectivity index (χ4n) is 3.69. The maximum Gasteiger partial charge on any atom is 0.315 e. The van der Waals surface area contributed by atoms with Crippen LogP contribution in [0, 0.1) is 11.8 Å². The standard InChI is InChI=1S/C22H19NO4/c24-20(14-15-8-2-1-3-9-15)27-19-13-7-6-12-18(19)23-21(25)16-10-4-5-11-17(16)22(23)26/h1-9,12-13,16-17H,10-11,14H2/t16-,17+. The minimum atomic E-state index is -0.438. The van der Waals surface area contributed by atoms with Gasteiger partial charge in [0.1, 0.15) is 0 Å². The topological polar surface area (TPSA) is 63.7 Å². The zero-order chi connectivity index (χ0) is 18.8. The molecule has 1 fully saturated rings. The molecule has 136 valence electrons. The summed E-state index contributed by atoms with van der Waals surface area (Å²) in [5.41, 5.74) is 1.17. The lowest BCUT2D eigenvalue weighted by Gasteiger charge is -2.18. The molecule has 2 aromatic rings. The molecule has 2 aromatic carbocycles. The van der Waals surface area contributed by atoms with Gasteiger partial charge in [0.25, 0.3) is 0 Å². The number of anilines is 1. The molecule has 1 aliphatic heterocycles. The van der Waals surface area contributed by atoms with E-state index in [0.29, 0.717) is 18.5 Å². The van der Waals surface area contributed by atoms with Crippen molar-refractivity contribution in [1.29, 1.82) is 0 Å². The van der Waals surface area contributed by atoms with Crippen LogP contribution >= 0.6 is 0 Å². The van der Waals surface area contributed by atoms with Crippen molar-refractivity contribution in [3.05, 3.63) is 72.3 Å². The molecule has 27 heavy (non-hydrogen) atoms. The second-order valence-electron chi connectivity index (χ2n) is 6.77. The van der Waals surface area contributed by atoms with Crippen LogP contribution in [0.3, 0.4) is 0 Å². The Kier molecular flexibility index (Phi) is 4.59. The largest absolute Gasteiger partial charge is 0.424 e. The monoisotopic (exact) mass is 361 g/mol. The predicted molar refractivity (Wildman–Crippen MR) is 100 cm³/mol. The summed E-state index contributed by atoms with van der Waals surface area (Å²) < 4.78 is 5.51. The number of carbonyl (C=O) groups is 3. The number of imide groups is 1. The van der Waals surface area contributed by atoms with Crippen LogP contribution in [0.25, 0.3) is 0 Å². The third-order valence-corrected chi connectivity index (χ3v) is 5.03. The second-order valence-corrected chi connectivity index (χ2v) is 6.77. The molecule has 4 rings (SSSR count). The Morgan fingerprint density at radius 2 is 1.48 bits per heavy atom. The van der Waals surface area contributed by atoms with E-state index in [0.717, 1.165) is 5.56 Å². The van der Waals surface area contributed by atoms with E-state index in [1.807, 2.05) is 42.5 Å². The summed E-state index contributed by atoms with van der Waals surface area (Å²) in [6.45, 7) is 0. The first-order chi connectivity index (χ1) is 13.1. The molecule has 5 nitrogen and oxygen atoms in total. The molecule has 2 amide bonds. The number of para-hydroxylation sites is 2. The van der Waals surface area contributed by atoms with Gasteiger partial charge in [-0.2, -0.15) is 0 Å². The maximum absolute atomic E-state index is 12.8. The molecule has 2 atom stereocenters. The fourth-order valence-corrected chi connectivity index (χ4v) is 3.69. The molecular weight excluding hydrogens is 342 g/mol. The number of benzene rings is 2. The summed E-state index contributed by atoms with van der Waals surface area (Å²) in [5, 5.41) is 0. The lowest BCUT2D eigenvalue weighted by Crippen LogP contribution is -2.31. The molecule has 0 saturated carbocycles. The summed E-state index contributed by atoms with van der Waals surface area (Å²) in [7, 11) is 0. The van der Waals surface area contributed by atoms with E-state index in [4.69, 9.17) is 4.74 Å². The molecule has 1 saturated heterocycles. The minimum Gasteiger partial charge on any atom is -0.424 e. The molecule has 0 unspecified atom stereocenters. The fraction of sp³-hybridized carbons (Fsp3) is 0.227. The molecule has 1 aliphatic carbocycles. The zero-order valence-corrected chi connectivity index (χ0v) is 14.7. The van der Waals surface area contributed by atoms with Crippen molar-refractivity contribution < 1.29 is 19.1 Å². The Labute approximate surface area is 157 Å². The van der Waals surface area contributed by atoms with Gasteiger partial charge in [-0.3, -0.25) is 14.4 Å². The quantitative estimate of drug-likeness (QED) is 0.363. The van der Waals surface area contributed by atoms with E-state index in [2.05, 4.69) is 0 Å². The highest BCUT2D eigenvalue weighted by molar-refractivity contribution is 6.23. The molecule has 0 aromatic heterocycles. The second kappa shape index (κ2) is 7.19. The number of nitrogens with zero attached hydrogens (tertiary/aromatic N) is 1. The van der Waals surface area contributed by atoms with E-state index >= 15 is 0 Å². The lowest BCUT2D eigenvalue weighted by atomic mass is 9.85. The molecule has 1 heterocycles. The van der Waals surface area contributed by atoms with Crippen LogP contribution in [-0.2, 0) is 20.8 Å². The lowest BCUT2D eigenvalue weighted by molar-refractivity contribution is -0.133. The highest BCUT2D eigenvalue weighted by Crippen LogP contribution is 2.40. The summed E-state index contributed by atoms with van der Waals surface area (Å²) >= 11 is 0. The van der Waals surface area contributed by atoms with Crippen LogP contribution in [0.1, 0.15) is 18.4 Å². The number of amides is 2. The molecule has 0 bridgehead atoms. The van der Waals surface area contributed by atoms with E-state index in [1.54, 1.807) is 24.3 Å². The Balaban J connectivity index is 1.57. The number of carbonyl (C=O) groups excluding carboxylic acids is 3. The molecule has 2 aliphatic rings. The van der Waals surface area contributed by atoms with Gasteiger partial charge < -0.3 is 4.74 Å². The molecule has 5 heteroatoms. The van der Waals surface area contributed by atoms with Crippen LogP contribution in [0.4, 0.5) is 5.69 Å². The highest BCUT2D eigenvalue weighted by Gasteiger charge is 2.48. The number of hydrogen-bond donors (Lipinski definition) is 0. The summed E-state index contributed by atoms with van der Waals surface area (Å²) in [6.07, 6.45) is 5.15. The molecule has 0 N–H and O–H groups in total. The van der Waals surface area contributed by atoms with Gasteiger partial charge in [0.15, 0.2) is 5.75 Å². The summed E-state index contributed by atoms with van der Waals surface area (Å²) in [4.78, 5) is 39.2. The number of hydrogen-bond acceptors (Lipinski definition) is 4. The van der Waals surface area contributed by atoms with Crippen molar-refractivity contribution >= 4 is 23.5 Å². The first-order valence-electron chi connectivity index (χ1n) is 9.01. The van der Waals surface area contributed by atoms with Gasteiger partial charge in [0.2, 0.25) is 11.8 Å². The molecule has 0 spiro atoms. The van der Waals surface area contributed by atoms with Crippen molar-refractivity contribution in [2.45, 2.75) is 19.3 Å². The maximum atomic E-state index is 12.8. The van der Waals surface area contributed by atoms with Crippen LogP contribution in [-0.4, -0.2) is 17.8 Å². The average Bonchev–Trinajstić information content (AvgIpc) is 2.94. The minimum absolute atomic E-state index is 0.117. The highest BCUT2D eigenvalue weighted by atomic mass is 16.5. The first-order valence-corrected chi connectivity index (χ1v) is 9.01. The smallest absolute Gasteiger partial charge is 0.315 e. The van der Waals surface area contributed by atoms with Gasteiger partial charge in [0, 0.05) is 0 Å². The van der Waals surface area contributed by atoms with Crippen LogP contribution < -0.4 is 9.64 Å². The summed E-state index contributed by atoms with van der Waals surface area (Å²) in [6, 6.07) is 16.0. The number of fused-ring (bicyclic) bond motifs is 1. The van der Waals surface area contributed by atoms with E-state index in [-0.39, 0.29) is 35.8 Å². The van der Waals surface area contributed by atoms with Crippen molar-refractivity contribution in [2.75, 3.05) is 4.90 Å². The molecular formula is C22H19NO4. The average molecular weight is 361 g/mol. The third-order valence-electron chi connectivity index (χ3n) is 5.03. The van der Waals surface area contributed by atoms with Gasteiger partial charge in [-0.15, -0.1) is 0 Å². The SMILES string of the molecule is O=C(Cc1ccccc1)Oc1ccccc1N1C(=O)[C@H]2CC=CC[C@H]2C1=O. The van der Waals surface area contributed by atoms with Crippen molar-refractivity contribution in [2.24, 2.45) is 11.8 Å². The van der Waals surface area contributed by atoms with Crippen molar-refractivity contribution in [3.63, 3.8) is 0 Å². The van der Waals surface area contributed by atoms with Gasteiger partial charge in [-0.1, -0.05) is 54.6 Å². The van der Waals surface area contributed by atoms with Crippen LogP contribution in [0.5, 0.6) is 5.75 Å². The number of ether oxygens (including phenoxy) is 1. The number of allylic oxidation sites excluding steroid dienone is 2. The predicted octanol–water partition coefficient (Wildman–Crippen LogP) is 3.29. The number of esters is 1. The van der Waals surface area contributed by atoms with E-state index in [1.165, 1.54) is 4.90 Å².